The van der Waals surface area contributed by atoms with Gasteiger partial charge < -0.3 is 42.6 Å². The van der Waals surface area contributed by atoms with Gasteiger partial charge in [-0.3, -0.25) is 19.2 Å². The summed E-state index contributed by atoms with van der Waals surface area (Å²) in [4.78, 5) is 66.2. The number of nitrogens with one attached hydrogen (secondary N) is 4. The minimum atomic E-state index is -1.52. The average Bonchev–Trinajstić information content (AvgIpc) is 3.25. The number of imidazole rings is 1. The average molecular weight is 488 g/mol. The third-order valence-electron chi connectivity index (χ3n) is 4.51. The molecular formula is C18H29N7O7S. The van der Waals surface area contributed by atoms with Crippen LogP contribution in [0.5, 0.6) is 0 Å². The van der Waals surface area contributed by atoms with Gasteiger partial charge in [0.05, 0.1) is 18.5 Å². The Hall–Kier alpha value is -3.17. The Balaban J connectivity index is 2.79. The number of aliphatic carboxylic acids is 1. The fourth-order valence-electron chi connectivity index (χ4n) is 2.64. The van der Waals surface area contributed by atoms with Crippen LogP contribution in [0.4, 0.5) is 0 Å². The molecule has 1 aromatic rings. The van der Waals surface area contributed by atoms with Crippen molar-refractivity contribution in [2.75, 3.05) is 5.75 Å². The number of carbonyl (C=O) groups excluding carboxylic acids is 4. The molecule has 0 bridgehead atoms. The van der Waals surface area contributed by atoms with E-state index in [4.69, 9.17) is 11.5 Å². The number of carboxylic acid groups (broad SMARTS) is 1. The van der Waals surface area contributed by atoms with Crippen molar-refractivity contribution in [3.05, 3.63) is 18.2 Å². The van der Waals surface area contributed by atoms with Crippen LogP contribution < -0.4 is 27.4 Å². The summed E-state index contributed by atoms with van der Waals surface area (Å²) in [5.41, 5.74) is 11.1. The summed E-state index contributed by atoms with van der Waals surface area (Å²) in [6, 6.07) is -5.22. The van der Waals surface area contributed by atoms with Gasteiger partial charge in [0.25, 0.3) is 0 Å². The van der Waals surface area contributed by atoms with Crippen LogP contribution in [-0.4, -0.2) is 85.8 Å². The first-order chi connectivity index (χ1) is 15.5. The van der Waals surface area contributed by atoms with Crippen molar-refractivity contribution in [2.24, 2.45) is 11.5 Å². The molecule has 5 atom stereocenters. The second-order valence-corrected chi connectivity index (χ2v) is 7.63. The number of nitrogens with two attached hydrogens (primary N) is 2. The Kier molecular flexibility index (Phi) is 11.3. The van der Waals surface area contributed by atoms with Crippen molar-refractivity contribution in [3.8, 4) is 0 Å². The molecule has 0 aliphatic carbocycles. The molecule has 0 aliphatic rings. The zero-order valence-corrected chi connectivity index (χ0v) is 18.7. The molecular weight excluding hydrogens is 458 g/mol. The van der Waals surface area contributed by atoms with Crippen molar-refractivity contribution in [3.63, 3.8) is 0 Å². The van der Waals surface area contributed by atoms with E-state index < -0.39 is 59.9 Å². The highest BCUT2D eigenvalue weighted by Gasteiger charge is 2.32. The van der Waals surface area contributed by atoms with Crippen LogP contribution in [0.1, 0.15) is 25.5 Å². The quantitative estimate of drug-likeness (QED) is 0.117. The second-order valence-electron chi connectivity index (χ2n) is 7.26. The number of hydrogen-bond donors (Lipinski definition) is 9. The Morgan fingerprint density at radius 2 is 1.76 bits per heavy atom. The summed E-state index contributed by atoms with van der Waals surface area (Å²) in [5, 5.41) is 26.2. The summed E-state index contributed by atoms with van der Waals surface area (Å²) in [6.45, 7) is 1.23. The van der Waals surface area contributed by atoms with E-state index in [0.717, 1.165) is 0 Å². The number of amides is 4. The molecule has 4 amide bonds. The number of hydrogen-bond acceptors (Lipinski definition) is 9. The molecule has 1 aromatic heterocycles. The van der Waals surface area contributed by atoms with E-state index in [0.29, 0.717) is 5.69 Å². The van der Waals surface area contributed by atoms with Crippen LogP contribution >= 0.6 is 12.6 Å². The highest BCUT2D eigenvalue weighted by Crippen LogP contribution is 2.03. The van der Waals surface area contributed by atoms with Gasteiger partial charge in [0.1, 0.15) is 18.1 Å². The summed E-state index contributed by atoms with van der Waals surface area (Å²) in [7, 11) is 0. The Morgan fingerprint density at radius 1 is 1.12 bits per heavy atom. The highest BCUT2D eigenvalue weighted by molar-refractivity contribution is 7.80. The summed E-state index contributed by atoms with van der Waals surface area (Å²) >= 11 is 4.00. The first kappa shape index (κ1) is 27.9. The molecule has 0 aliphatic heterocycles. The molecule has 0 saturated heterocycles. The van der Waals surface area contributed by atoms with Crippen molar-refractivity contribution in [1.82, 2.24) is 25.9 Å². The smallest absolute Gasteiger partial charge is 0.326 e. The molecule has 5 unspecified atom stereocenters. The number of aromatic amines is 1. The van der Waals surface area contributed by atoms with Crippen molar-refractivity contribution >= 4 is 42.2 Å². The van der Waals surface area contributed by atoms with Gasteiger partial charge in [0.2, 0.25) is 23.6 Å². The lowest BCUT2D eigenvalue weighted by Crippen LogP contribution is -2.60. The van der Waals surface area contributed by atoms with Crippen LogP contribution in [0.25, 0.3) is 0 Å². The number of carboxylic acids is 1. The number of aliphatic hydroxyl groups is 1. The number of carbonyl (C=O) groups is 5. The van der Waals surface area contributed by atoms with Crippen LogP contribution in [0.15, 0.2) is 12.5 Å². The topological polar surface area (TPSA) is 243 Å². The molecule has 14 nitrogen and oxygen atoms in total. The lowest BCUT2D eigenvalue weighted by Gasteiger charge is -2.26. The third kappa shape index (κ3) is 9.46. The van der Waals surface area contributed by atoms with Gasteiger partial charge in [0.15, 0.2) is 0 Å². The number of thiol groups is 1. The standard InChI is InChI=1S/C18H29N7O7S/c1-8(26)14(17(30)23-11(18(31)32)4-9-5-21-7-22-9)25-16(29)12(6-33)24-15(28)10(19)2-3-13(20)27/h5,7-8,10-12,14,26,33H,2-4,6,19H2,1H3,(H2,20,27)(H,21,22)(H,23,30)(H,24,28)(H,25,29)(H,31,32). The first-order valence-corrected chi connectivity index (χ1v) is 10.5. The Morgan fingerprint density at radius 3 is 2.24 bits per heavy atom. The fourth-order valence-corrected chi connectivity index (χ4v) is 2.90. The van der Waals surface area contributed by atoms with E-state index in [2.05, 4.69) is 38.5 Å². The molecule has 33 heavy (non-hydrogen) atoms. The van der Waals surface area contributed by atoms with E-state index in [-0.39, 0.29) is 25.0 Å². The predicted molar refractivity (Wildman–Crippen MR) is 118 cm³/mol. The zero-order chi connectivity index (χ0) is 25.1. The van der Waals surface area contributed by atoms with Gasteiger partial charge >= 0.3 is 5.97 Å². The maximum absolute atomic E-state index is 12.6. The SMILES string of the molecule is CC(O)C(NC(=O)C(CS)NC(=O)C(N)CCC(N)=O)C(=O)NC(Cc1cnc[nH]1)C(=O)O. The van der Waals surface area contributed by atoms with Gasteiger partial charge in [-0.05, 0) is 13.3 Å². The predicted octanol–water partition coefficient (Wildman–Crippen LogP) is -3.61. The summed E-state index contributed by atoms with van der Waals surface area (Å²) < 4.78 is 0. The molecule has 0 radical (unpaired) electrons. The van der Waals surface area contributed by atoms with Gasteiger partial charge in [-0.2, -0.15) is 12.6 Å². The molecule has 1 rings (SSSR count). The lowest BCUT2D eigenvalue weighted by atomic mass is 10.1. The molecule has 10 N–H and O–H groups in total. The minimum Gasteiger partial charge on any atom is -0.480 e. The van der Waals surface area contributed by atoms with E-state index in [1.54, 1.807) is 0 Å². The maximum Gasteiger partial charge on any atom is 0.326 e. The summed E-state index contributed by atoms with van der Waals surface area (Å²) in [5.74, 6) is -4.70. The molecule has 0 saturated carbocycles. The van der Waals surface area contributed by atoms with Crippen LogP contribution in [-0.2, 0) is 30.4 Å². The maximum atomic E-state index is 12.6. The van der Waals surface area contributed by atoms with Gasteiger partial charge in [-0.25, -0.2) is 9.78 Å². The highest BCUT2D eigenvalue weighted by atomic mass is 32.1. The second kappa shape index (κ2) is 13.4. The Labute approximate surface area is 194 Å². The van der Waals surface area contributed by atoms with E-state index >= 15 is 0 Å². The zero-order valence-electron chi connectivity index (χ0n) is 17.9. The van der Waals surface area contributed by atoms with Crippen LogP contribution in [0.2, 0.25) is 0 Å². The van der Waals surface area contributed by atoms with Gasteiger partial charge in [-0.1, -0.05) is 0 Å². The normalized spacial score (nSPS) is 15.4. The molecule has 0 fully saturated rings. The molecule has 15 heteroatoms. The summed E-state index contributed by atoms with van der Waals surface area (Å²) in [6.07, 6.45) is 1.07. The number of nitrogens with zero attached hydrogens (tertiary/aromatic N) is 1. The fraction of sp³-hybridized carbons (Fsp3) is 0.556. The van der Waals surface area contributed by atoms with Gasteiger partial charge in [0, 0.05) is 30.5 Å². The number of rotatable bonds is 14. The number of primary amides is 1. The van der Waals surface area contributed by atoms with Crippen molar-refractivity contribution in [1.29, 1.82) is 0 Å². The minimum absolute atomic E-state index is 0.0340. The number of H-pyrrole nitrogens is 1. The van der Waals surface area contributed by atoms with Crippen LogP contribution in [0, 0.1) is 0 Å². The monoisotopic (exact) mass is 487 g/mol. The van der Waals surface area contributed by atoms with Gasteiger partial charge in [-0.15, -0.1) is 0 Å². The molecule has 0 spiro atoms. The van der Waals surface area contributed by atoms with Crippen LogP contribution in [0.3, 0.4) is 0 Å². The van der Waals surface area contributed by atoms with Crippen molar-refractivity contribution in [2.45, 2.75) is 56.5 Å². The third-order valence-corrected chi connectivity index (χ3v) is 4.88. The number of aliphatic hydroxyl groups excluding tert-OH is 1. The lowest BCUT2D eigenvalue weighted by molar-refractivity contribution is -0.143. The van der Waals surface area contributed by atoms with E-state index in [1.807, 2.05) is 0 Å². The molecule has 0 aromatic carbocycles. The van der Waals surface area contributed by atoms with E-state index in [9.17, 15) is 34.2 Å². The van der Waals surface area contributed by atoms with Crippen molar-refractivity contribution < 1.29 is 34.2 Å². The Bertz CT molecular complexity index is 834. The molecule has 1 heterocycles. The molecule has 184 valence electrons. The largest absolute Gasteiger partial charge is 0.480 e. The first-order valence-electron chi connectivity index (χ1n) is 9.90. The van der Waals surface area contributed by atoms with E-state index in [1.165, 1.54) is 19.4 Å². The number of aromatic nitrogens is 2.